The van der Waals surface area contributed by atoms with E-state index in [0.717, 1.165) is 11.3 Å². The highest BCUT2D eigenvalue weighted by Gasteiger charge is 2.50. The number of rotatable bonds is 2. The van der Waals surface area contributed by atoms with Gasteiger partial charge in [0, 0.05) is 0 Å². The van der Waals surface area contributed by atoms with Crippen LogP contribution in [0.4, 0.5) is 0 Å². The van der Waals surface area contributed by atoms with Crippen LogP contribution in [-0.4, -0.2) is 0 Å². The highest BCUT2D eigenvalue weighted by atomic mass is 14.6. The van der Waals surface area contributed by atoms with Gasteiger partial charge in [-0.2, -0.15) is 0 Å². The van der Waals surface area contributed by atoms with Crippen LogP contribution in [0.3, 0.4) is 0 Å². The molecule has 0 bridgehead atoms. The summed E-state index contributed by atoms with van der Waals surface area (Å²) in [4.78, 5) is 0. The topological polar surface area (TPSA) is 0 Å². The van der Waals surface area contributed by atoms with Gasteiger partial charge < -0.3 is 0 Å². The van der Waals surface area contributed by atoms with E-state index in [1.54, 1.807) is 25.7 Å². The minimum Gasteiger partial charge on any atom is -0.106 e. The van der Waals surface area contributed by atoms with E-state index in [4.69, 9.17) is 0 Å². The van der Waals surface area contributed by atoms with Gasteiger partial charge in [-0.25, -0.2) is 0 Å². The summed E-state index contributed by atoms with van der Waals surface area (Å²) in [6.45, 7) is 13.3. The Labute approximate surface area is 89.8 Å². The molecule has 0 nitrogen and oxygen atoms in total. The van der Waals surface area contributed by atoms with Crippen LogP contribution >= 0.6 is 0 Å². The number of hydrogen-bond acceptors (Lipinski definition) is 0. The largest absolute Gasteiger partial charge is 0.106 e. The fourth-order valence-corrected chi connectivity index (χ4v) is 2.79. The Hall–Kier alpha value is -0.260. The lowest BCUT2D eigenvalue weighted by molar-refractivity contribution is 0.200. The molecular weight excluding hydrogens is 168 g/mol. The first-order valence-corrected chi connectivity index (χ1v) is 6.08. The first kappa shape index (κ1) is 11.8. The summed E-state index contributed by atoms with van der Waals surface area (Å²) in [5, 5.41) is 0. The van der Waals surface area contributed by atoms with Crippen LogP contribution in [0.25, 0.3) is 0 Å². The van der Waals surface area contributed by atoms with E-state index < -0.39 is 0 Å². The van der Waals surface area contributed by atoms with Crippen molar-refractivity contribution in [3.05, 3.63) is 13.2 Å². The molecule has 0 aromatic carbocycles. The van der Waals surface area contributed by atoms with Crippen LogP contribution in [0.2, 0.25) is 0 Å². The van der Waals surface area contributed by atoms with Crippen LogP contribution < -0.4 is 0 Å². The van der Waals surface area contributed by atoms with Crippen LogP contribution in [0.15, 0.2) is 13.2 Å². The third-order valence-corrected chi connectivity index (χ3v) is 4.68. The van der Waals surface area contributed by atoms with Crippen molar-refractivity contribution in [2.45, 2.75) is 59.3 Å². The average molecular weight is 194 g/mol. The SMILES string of the molecule is C=C.CCC(C)(C)C1CCC2(CC2)C1. The van der Waals surface area contributed by atoms with Crippen LogP contribution in [0.5, 0.6) is 0 Å². The molecule has 82 valence electrons. The second-order valence-corrected chi connectivity index (χ2v) is 5.78. The highest BCUT2D eigenvalue weighted by molar-refractivity contribution is 5.01. The molecule has 1 unspecified atom stereocenters. The normalized spacial score (nSPS) is 28.4. The lowest BCUT2D eigenvalue weighted by Gasteiger charge is -2.30. The molecule has 2 aliphatic rings. The van der Waals surface area contributed by atoms with Crippen LogP contribution in [-0.2, 0) is 0 Å². The molecule has 0 aromatic heterocycles. The molecule has 2 saturated carbocycles. The molecule has 1 spiro atoms. The van der Waals surface area contributed by atoms with Gasteiger partial charge in [-0.1, -0.05) is 27.2 Å². The van der Waals surface area contributed by atoms with E-state index in [9.17, 15) is 0 Å². The van der Waals surface area contributed by atoms with Gasteiger partial charge in [-0.3, -0.25) is 0 Å². The van der Waals surface area contributed by atoms with Crippen molar-refractivity contribution in [1.82, 2.24) is 0 Å². The Morgan fingerprint density at radius 1 is 1.21 bits per heavy atom. The molecule has 0 aromatic rings. The molecule has 0 N–H and O–H groups in total. The van der Waals surface area contributed by atoms with Crippen molar-refractivity contribution >= 4 is 0 Å². The summed E-state index contributed by atoms with van der Waals surface area (Å²) in [6.07, 6.45) is 9.05. The Bertz CT molecular complexity index is 186. The minimum atomic E-state index is 0.617. The number of hydrogen-bond donors (Lipinski definition) is 0. The molecule has 0 saturated heterocycles. The quantitative estimate of drug-likeness (QED) is 0.554. The summed E-state index contributed by atoms with van der Waals surface area (Å²) in [5.74, 6) is 1.03. The Kier molecular flexibility index (Phi) is 3.44. The molecular formula is C14H26. The molecule has 0 heteroatoms. The summed E-state index contributed by atoms with van der Waals surface area (Å²) in [7, 11) is 0. The zero-order valence-electron chi connectivity index (χ0n) is 10.2. The summed E-state index contributed by atoms with van der Waals surface area (Å²) in [5.41, 5.74) is 1.49. The molecule has 0 radical (unpaired) electrons. The predicted molar refractivity (Wildman–Crippen MR) is 64.3 cm³/mol. The smallest absolute Gasteiger partial charge is 0.0294 e. The Morgan fingerprint density at radius 2 is 1.79 bits per heavy atom. The zero-order chi connectivity index (χ0) is 10.8. The lowest BCUT2D eigenvalue weighted by Crippen LogP contribution is -2.20. The monoisotopic (exact) mass is 194 g/mol. The molecule has 14 heavy (non-hydrogen) atoms. The fraction of sp³-hybridized carbons (Fsp3) is 0.857. The van der Waals surface area contributed by atoms with E-state index in [2.05, 4.69) is 33.9 Å². The lowest BCUT2D eigenvalue weighted by atomic mass is 9.75. The first-order chi connectivity index (χ1) is 6.58. The summed E-state index contributed by atoms with van der Waals surface area (Å²) < 4.78 is 0. The van der Waals surface area contributed by atoms with Crippen LogP contribution in [0, 0.1) is 16.7 Å². The van der Waals surface area contributed by atoms with Gasteiger partial charge in [-0.15, -0.1) is 13.2 Å². The average Bonchev–Trinajstić information content (AvgIpc) is 2.79. The third-order valence-electron chi connectivity index (χ3n) is 4.68. The first-order valence-electron chi connectivity index (χ1n) is 6.08. The van der Waals surface area contributed by atoms with Crippen molar-refractivity contribution in [3.8, 4) is 0 Å². The molecule has 0 aliphatic heterocycles. The minimum absolute atomic E-state index is 0.617. The summed E-state index contributed by atoms with van der Waals surface area (Å²) in [6, 6.07) is 0. The molecule has 1 atom stereocenters. The zero-order valence-corrected chi connectivity index (χ0v) is 10.2. The molecule has 2 rings (SSSR count). The van der Waals surface area contributed by atoms with E-state index in [-0.39, 0.29) is 0 Å². The second kappa shape index (κ2) is 4.08. The highest BCUT2D eigenvalue weighted by Crippen LogP contribution is 2.62. The van der Waals surface area contributed by atoms with E-state index in [0.29, 0.717) is 5.41 Å². The van der Waals surface area contributed by atoms with Crippen molar-refractivity contribution in [2.24, 2.45) is 16.7 Å². The van der Waals surface area contributed by atoms with Crippen LogP contribution in [0.1, 0.15) is 59.3 Å². The van der Waals surface area contributed by atoms with Crippen molar-refractivity contribution < 1.29 is 0 Å². The molecule has 2 aliphatic carbocycles. The molecule has 0 heterocycles. The van der Waals surface area contributed by atoms with Gasteiger partial charge in [0.2, 0.25) is 0 Å². The van der Waals surface area contributed by atoms with E-state index in [1.165, 1.54) is 12.8 Å². The maximum atomic E-state index is 3.00. The van der Waals surface area contributed by atoms with Crippen molar-refractivity contribution in [2.75, 3.05) is 0 Å². The molecule has 0 amide bonds. The van der Waals surface area contributed by atoms with Gasteiger partial charge in [0.05, 0.1) is 0 Å². The summed E-state index contributed by atoms with van der Waals surface area (Å²) >= 11 is 0. The van der Waals surface area contributed by atoms with E-state index in [1.807, 2.05) is 0 Å². The van der Waals surface area contributed by atoms with Gasteiger partial charge in [0.15, 0.2) is 0 Å². The predicted octanol–water partition coefficient (Wildman–Crippen LogP) is 4.81. The van der Waals surface area contributed by atoms with Crippen molar-refractivity contribution in [1.29, 1.82) is 0 Å². The van der Waals surface area contributed by atoms with Crippen molar-refractivity contribution in [3.63, 3.8) is 0 Å². The van der Waals surface area contributed by atoms with Gasteiger partial charge in [0.1, 0.15) is 0 Å². The second-order valence-electron chi connectivity index (χ2n) is 5.78. The Morgan fingerprint density at radius 3 is 2.14 bits per heavy atom. The Balaban J connectivity index is 0.000000461. The maximum absolute atomic E-state index is 3.00. The van der Waals surface area contributed by atoms with Gasteiger partial charge in [0.25, 0.3) is 0 Å². The van der Waals surface area contributed by atoms with E-state index >= 15 is 0 Å². The van der Waals surface area contributed by atoms with Gasteiger partial charge in [-0.05, 0) is 48.9 Å². The maximum Gasteiger partial charge on any atom is -0.0294 e. The standard InChI is InChI=1S/C12H22.C2H4/c1-4-11(2,3)10-5-6-12(9-10)7-8-12;1-2/h10H,4-9H2,1-3H3;1-2H2. The van der Waals surface area contributed by atoms with Gasteiger partial charge >= 0.3 is 0 Å². The molecule has 2 fully saturated rings. The third kappa shape index (κ3) is 2.21. The fourth-order valence-electron chi connectivity index (χ4n) is 2.79.